The Morgan fingerprint density at radius 1 is 1.65 bits per heavy atom. The first kappa shape index (κ1) is 12.4. The summed E-state index contributed by atoms with van der Waals surface area (Å²) in [6.45, 7) is 4.71. The van der Waals surface area contributed by atoms with Gasteiger partial charge in [0.2, 0.25) is 0 Å². The van der Waals surface area contributed by atoms with E-state index >= 15 is 0 Å². The van der Waals surface area contributed by atoms with Crippen molar-refractivity contribution in [3.63, 3.8) is 0 Å². The zero-order valence-electron chi connectivity index (χ0n) is 10.2. The van der Waals surface area contributed by atoms with E-state index in [-0.39, 0.29) is 5.91 Å². The Bertz CT molecular complexity index is 388. The maximum absolute atomic E-state index is 12.4. The van der Waals surface area contributed by atoms with Gasteiger partial charge in [-0.1, -0.05) is 6.92 Å². The molecule has 1 fully saturated rings. The van der Waals surface area contributed by atoms with Gasteiger partial charge in [-0.25, -0.2) is 0 Å². The smallest absolute Gasteiger partial charge is 0.268 e. The molecule has 2 rings (SSSR count). The average molecular weight is 254 g/mol. The predicted molar refractivity (Wildman–Crippen MR) is 68.9 cm³/mol. The molecule has 1 aromatic rings. The fraction of sp³-hybridized carbons (Fsp3) is 0.583. The lowest BCUT2D eigenvalue weighted by molar-refractivity contribution is 0.0618. The quantitative estimate of drug-likeness (QED) is 0.867. The Kier molecular flexibility index (Phi) is 4.02. The van der Waals surface area contributed by atoms with Crippen LogP contribution >= 0.6 is 11.3 Å². The summed E-state index contributed by atoms with van der Waals surface area (Å²) in [6, 6.07) is 2.19. The Hall–Kier alpha value is -1.07. The molecule has 0 aromatic carbocycles. The van der Waals surface area contributed by atoms with Crippen LogP contribution in [0.4, 0.5) is 0 Å². The van der Waals surface area contributed by atoms with E-state index < -0.39 is 0 Å². The van der Waals surface area contributed by atoms with Crippen LogP contribution in [0.1, 0.15) is 23.0 Å². The molecule has 1 N–H and O–H groups in total. The van der Waals surface area contributed by atoms with Gasteiger partial charge in [0.05, 0.1) is 13.2 Å². The van der Waals surface area contributed by atoms with Crippen LogP contribution in [-0.2, 0) is 0 Å². The number of hydrogen-bond acceptors (Lipinski definition) is 4. The van der Waals surface area contributed by atoms with Gasteiger partial charge in [0.25, 0.3) is 5.91 Å². The number of carbonyl (C=O) groups excluding carboxylic acids is 1. The summed E-state index contributed by atoms with van der Waals surface area (Å²) in [6.07, 6.45) is 0.982. The Morgan fingerprint density at radius 2 is 2.41 bits per heavy atom. The number of rotatable bonds is 5. The van der Waals surface area contributed by atoms with Crippen molar-refractivity contribution in [1.82, 2.24) is 10.2 Å². The van der Waals surface area contributed by atoms with Crippen molar-refractivity contribution < 1.29 is 9.53 Å². The lowest BCUT2D eigenvalue weighted by Crippen LogP contribution is -2.58. The molecular formula is C12H18N2O2S. The van der Waals surface area contributed by atoms with Gasteiger partial charge in [-0.3, -0.25) is 4.79 Å². The van der Waals surface area contributed by atoms with Crippen molar-refractivity contribution in [3.8, 4) is 5.75 Å². The number of nitrogens with one attached hydrogen (secondary N) is 1. The van der Waals surface area contributed by atoms with Crippen molar-refractivity contribution in [1.29, 1.82) is 0 Å². The van der Waals surface area contributed by atoms with Crippen LogP contribution < -0.4 is 10.1 Å². The molecule has 0 saturated carbocycles. The third-order valence-corrected chi connectivity index (χ3v) is 3.85. The van der Waals surface area contributed by atoms with Crippen LogP contribution in [0.15, 0.2) is 11.4 Å². The van der Waals surface area contributed by atoms with Crippen molar-refractivity contribution in [2.75, 3.05) is 26.7 Å². The zero-order valence-corrected chi connectivity index (χ0v) is 11.0. The molecule has 94 valence electrons. The predicted octanol–water partition coefficient (Wildman–Crippen LogP) is 1.58. The molecule has 0 bridgehead atoms. The molecule has 1 aromatic heterocycles. The summed E-state index contributed by atoms with van der Waals surface area (Å²) >= 11 is 1.45. The number of ether oxygens (including phenoxy) is 1. The first-order valence-corrected chi connectivity index (χ1v) is 6.79. The lowest BCUT2D eigenvalue weighted by Gasteiger charge is -2.38. The second-order valence-electron chi connectivity index (χ2n) is 4.13. The average Bonchev–Trinajstić information content (AvgIpc) is 2.73. The van der Waals surface area contributed by atoms with Gasteiger partial charge in [-0.2, -0.15) is 0 Å². The molecule has 1 aliphatic rings. The maximum Gasteiger partial charge on any atom is 0.268 e. The van der Waals surface area contributed by atoms with E-state index in [2.05, 4.69) is 12.2 Å². The Balaban J connectivity index is 2.15. The molecule has 1 aliphatic heterocycles. The fourth-order valence-electron chi connectivity index (χ4n) is 1.93. The van der Waals surface area contributed by atoms with Gasteiger partial charge in [0.1, 0.15) is 10.6 Å². The normalized spacial score (nSPS) is 15.4. The molecular weight excluding hydrogens is 236 g/mol. The Morgan fingerprint density at radius 3 is 2.94 bits per heavy atom. The summed E-state index contributed by atoms with van der Waals surface area (Å²) in [7, 11) is 1.61. The van der Waals surface area contributed by atoms with E-state index in [0.717, 1.165) is 26.1 Å². The van der Waals surface area contributed by atoms with E-state index in [0.29, 0.717) is 16.7 Å². The minimum atomic E-state index is 0.102. The molecule has 0 spiro atoms. The summed E-state index contributed by atoms with van der Waals surface area (Å²) in [5.74, 6) is 0.790. The van der Waals surface area contributed by atoms with Crippen molar-refractivity contribution in [2.45, 2.75) is 19.4 Å². The van der Waals surface area contributed by atoms with E-state index in [9.17, 15) is 4.79 Å². The second-order valence-corrected chi connectivity index (χ2v) is 5.04. The number of amides is 1. The lowest BCUT2D eigenvalue weighted by atomic mass is 10.1. The minimum Gasteiger partial charge on any atom is -0.495 e. The van der Waals surface area contributed by atoms with Crippen LogP contribution in [0.25, 0.3) is 0 Å². The highest BCUT2D eigenvalue weighted by Gasteiger charge is 2.30. The minimum absolute atomic E-state index is 0.102. The standard InChI is InChI=1S/C12H18N2O2S/c1-3-5-14(9-7-13-8-9)12(15)11-10(16-2)4-6-17-11/h4,6,9,13H,3,5,7-8H2,1-2H3. The van der Waals surface area contributed by atoms with Gasteiger partial charge in [-0.05, 0) is 17.9 Å². The fourth-order valence-corrected chi connectivity index (χ4v) is 2.74. The van der Waals surface area contributed by atoms with Crippen molar-refractivity contribution in [3.05, 3.63) is 16.3 Å². The van der Waals surface area contributed by atoms with Crippen molar-refractivity contribution >= 4 is 17.2 Å². The van der Waals surface area contributed by atoms with Gasteiger partial charge in [0, 0.05) is 19.6 Å². The largest absolute Gasteiger partial charge is 0.495 e. The third-order valence-electron chi connectivity index (χ3n) is 2.97. The van der Waals surface area contributed by atoms with E-state index in [1.54, 1.807) is 7.11 Å². The summed E-state index contributed by atoms with van der Waals surface area (Å²) in [5, 5.41) is 5.11. The van der Waals surface area contributed by atoms with Crippen LogP contribution in [0.3, 0.4) is 0 Å². The molecule has 0 unspecified atom stereocenters. The molecule has 2 heterocycles. The SMILES string of the molecule is CCCN(C(=O)c1sccc1OC)C1CNC1. The van der Waals surface area contributed by atoms with Crippen LogP contribution in [0.2, 0.25) is 0 Å². The molecule has 0 atom stereocenters. The highest BCUT2D eigenvalue weighted by atomic mass is 32.1. The van der Waals surface area contributed by atoms with E-state index in [1.807, 2.05) is 16.3 Å². The molecule has 1 amide bonds. The maximum atomic E-state index is 12.4. The van der Waals surface area contributed by atoms with Gasteiger partial charge in [0.15, 0.2) is 0 Å². The number of thiophene rings is 1. The highest BCUT2D eigenvalue weighted by molar-refractivity contribution is 7.12. The molecule has 17 heavy (non-hydrogen) atoms. The second kappa shape index (κ2) is 5.51. The molecule has 4 nitrogen and oxygen atoms in total. The first-order valence-electron chi connectivity index (χ1n) is 5.91. The van der Waals surface area contributed by atoms with Crippen LogP contribution in [0, 0.1) is 0 Å². The van der Waals surface area contributed by atoms with Crippen molar-refractivity contribution in [2.24, 2.45) is 0 Å². The molecule has 1 saturated heterocycles. The van der Waals surface area contributed by atoms with Gasteiger partial charge in [-0.15, -0.1) is 11.3 Å². The first-order chi connectivity index (χ1) is 8.27. The zero-order chi connectivity index (χ0) is 12.3. The summed E-state index contributed by atoms with van der Waals surface area (Å²) in [5.41, 5.74) is 0. The number of methoxy groups -OCH3 is 1. The monoisotopic (exact) mass is 254 g/mol. The number of hydrogen-bond donors (Lipinski definition) is 1. The third kappa shape index (κ3) is 2.45. The Labute approximate surface area is 106 Å². The molecule has 0 aliphatic carbocycles. The highest BCUT2D eigenvalue weighted by Crippen LogP contribution is 2.27. The molecule has 5 heteroatoms. The van der Waals surface area contributed by atoms with Gasteiger partial charge >= 0.3 is 0 Å². The summed E-state index contributed by atoms with van der Waals surface area (Å²) in [4.78, 5) is 15.1. The topological polar surface area (TPSA) is 41.6 Å². The van der Waals surface area contributed by atoms with Crippen LogP contribution in [-0.4, -0.2) is 43.6 Å². The molecule has 0 radical (unpaired) electrons. The van der Waals surface area contributed by atoms with Gasteiger partial charge < -0.3 is 15.0 Å². The van der Waals surface area contributed by atoms with Crippen LogP contribution in [0.5, 0.6) is 5.75 Å². The number of carbonyl (C=O) groups is 1. The number of nitrogens with zero attached hydrogens (tertiary/aromatic N) is 1. The van der Waals surface area contributed by atoms with E-state index in [1.165, 1.54) is 11.3 Å². The van der Waals surface area contributed by atoms with E-state index in [4.69, 9.17) is 4.74 Å². The summed E-state index contributed by atoms with van der Waals surface area (Å²) < 4.78 is 5.21.